The van der Waals surface area contributed by atoms with Crippen molar-refractivity contribution in [2.45, 2.75) is 19.4 Å². The lowest BCUT2D eigenvalue weighted by Crippen LogP contribution is -2.44. The molecule has 6 heterocycles. The summed E-state index contributed by atoms with van der Waals surface area (Å²) in [5, 5.41) is 3.26. The van der Waals surface area contributed by atoms with Gasteiger partial charge in [-0.3, -0.25) is 0 Å². The molecule has 1 saturated heterocycles. The van der Waals surface area contributed by atoms with Gasteiger partial charge in [0.1, 0.15) is 5.65 Å². The van der Waals surface area contributed by atoms with Gasteiger partial charge in [0, 0.05) is 40.8 Å². The maximum Gasteiger partial charge on any atom is 0.163 e. The van der Waals surface area contributed by atoms with E-state index in [0.29, 0.717) is 19.8 Å². The Labute approximate surface area is 183 Å². The topological polar surface area (TPSA) is 76.2 Å². The summed E-state index contributed by atoms with van der Waals surface area (Å²) in [5.74, 6) is 1.74. The normalized spacial score (nSPS) is 19.8. The minimum atomic E-state index is 0.261. The van der Waals surface area contributed by atoms with E-state index >= 15 is 0 Å². The SMILES string of the molecule is C[C@@H]1COCCN1c1nc(-c2ccnc3[nH]ccc23)nc2c(C3=CCOCC3)csc12. The Kier molecular flexibility index (Phi) is 4.70. The van der Waals surface area contributed by atoms with Gasteiger partial charge in [0.05, 0.1) is 42.7 Å². The van der Waals surface area contributed by atoms with E-state index in [1.807, 2.05) is 24.5 Å². The van der Waals surface area contributed by atoms with Crippen LogP contribution in [0.15, 0.2) is 36.0 Å². The minimum absolute atomic E-state index is 0.261. The first-order valence-electron chi connectivity index (χ1n) is 10.6. The molecule has 158 valence electrons. The van der Waals surface area contributed by atoms with Crippen LogP contribution >= 0.6 is 11.3 Å². The molecular weight excluding hydrogens is 410 g/mol. The summed E-state index contributed by atoms with van der Waals surface area (Å²) >= 11 is 1.73. The highest BCUT2D eigenvalue weighted by atomic mass is 32.1. The number of aromatic nitrogens is 4. The van der Waals surface area contributed by atoms with E-state index in [4.69, 9.17) is 19.4 Å². The third-order valence-corrected chi connectivity index (χ3v) is 7.01. The summed E-state index contributed by atoms with van der Waals surface area (Å²) < 4.78 is 12.4. The number of rotatable bonds is 3. The molecule has 4 aromatic heterocycles. The molecule has 1 atom stereocenters. The lowest BCUT2D eigenvalue weighted by atomic mass is 10.0. The van der Waals surface area contributed by atoms with E-state index in [1.54, 1.807) is 11.3 Å². The van der Waals surface area contributed by atoms with Crippen LogP contribution in [-0.4, -0.2) is 59.0 Å². The largest absolute Gasteiger partial charge is 0.377 e. The Bertz CT molecular complexity index is 1290. The van der Waals surface area contributed by atoms with Gasteiger partial charge in [0.2, 0.25) is 0 Å². The van der Waals surface area contributed by atoms with E-state index in [0.717, 1.165) is 58.0 Å². The molecule has 31 heavy (non-hydrogen) atoms. The fourth-order valence-electron chi connectivity index (χ4n) is 4.42. The monoisotopic (exact) mass is 433 g/mol. The molecule has 0 unspecified atom stereocenters. The summed E-state index contributed by atoms with van der Waals surface area (Å²) in [6.07, 6.45) is 6.81. The van der Waals surface area contributed by atoms with Crippen molar-refractivity contribution < 1.29 is 9.47 Å². The van der Waals surface area contributed by atoms with E-state index in [-0.39, 0.29) is 6.04 Å². The molecular formula is C23H23N5O2S. The molecule has 0 amide bonds. The van der Waals surface area contributed by atoms with Gasteiger partial charge in [-0.05, 0) is 31.1 Å². The van der Waals surface area contributed by atoms with Crippen molar-refractivity contribution in [3.63, 3.8) is 0 Å². The first kappa shape index (κ1) is 18.9. The zero-order valence-electron chi connectivity index (χ0n) is 17.3. The van der Waals surface area contributed by atoms with Crippen LogP contribution in [0.4, 0.5) is 5.82 Å². The van der Waals surface area contributed by atoms with E-state index in [9.17, 15) is 0 Å². The Morgan fingerprint density at radius 3 is 3.00 bits per heavy atom. The van der Waals surface area contributed by atoms with Gasteiger partial charge >= 0.3 is 0 Å². The van der Waals surface area contributed by atoms with Crippen LogP contribution in [0.2, 0.25) is 0 Å². The molecule has 2 aliphatic rings. The summed E-state index contributed by atoms with van der Waals surface area (Å²) in [7, 11) is 0. The van der Waals surface area contributed by atoms with Gasteiger partial charge in [0.25, 0.3) is 0 Å². The second-order valence-corrected chi connectivity index (χ2v) is 8.85. The van der Waals surface area contributed by atoms with Gasteiger partial charge in [0.15, 0.2) is 11.6 Å². The van der Waals surface area contributed by atoms with Crippen LogP contribution < -0.4 is 4.90 Å². The van der Waals surface area contributed by atoms with Gasteiger partial charge in [-0.2, -0.15) is 0 Å². The van der Waals surface area contributed by atoms with Crippen LogP contribution in [0.25, 0.3) is 38.2 Å². The third-order valence-electron chi connectivity index (χ3n) is 6.05. The van der Waals surface area contributed by atoms with Gasteiger partial charge in [-0.25, -0.2) is 15.0 Å². The summed E-state index contributed by atoms with van der Waals surface area (Å²) in [6, 6.07) is 4.30. The fourth-order valence-corrected chi connectivity index (χ4v) is 5.45. The van der Waals surface area contributed by atoms with Crippen molar-refractivity contribution in [1.29, 1.82) is 0 Å². The van der Waals surface area contributed by atoms with E-state index in [2.05, 4.69) is 33.2 Å². The highest BCUT2D eigenvalue weighted by molar-refractivity contribution is 7.18. The third kappa shape index (κ3) is 3.22. The quantitative estimate of drug-likeness (QED) is 0.520. The Hall–Kier alpha value is -2.81. The van der Waals surface area contributed by atoms with E-state index < -0.39 is 0 Å². The van der Waals surface area contributed by atoms with Crippen molar-refractivity contribution in [3.8, 4) is 11.4 Å². The number of ether oxygens (including phenoxy) is 2. The predicted octanol–water partition coefficient (Wildman–Crippen LogP) is 4.26. The van der Waals surface area contributed by atoms with Crippen LogP contribution in [0.5, 0.6) is 0 Å². The van der Waals surface area contributed by atoms with Crippen molar-refractivity contribution in [1.82, 2.24) is 19.9 Å². The Morgan fingerprint density at radius 1 is 1.16 bits per heavy atom. The van der Waals surface area contributed by atoms with Gasteiger partial charge in [-0.15, -0.1) is 11.3 Å². The molecule has 7 nitrogen and oxygen atoms in total. The lowest BCUT2D eigenvalue weighted by Gasteiger charge is -2.34. The van der Waals surface area contributed by atoms with Crippen LogP contribution in [0.1, 0.15) is 18.9 Å². The molecule has 0 aromatic carbocycles. The molecule has 0 aliphatic carbocycles. The molecule has 0 saturated carbocycles. The fraction of sp³-hybridized carbons (Fsp3) is 0.348. The number of aromatic amines is 1. The molecule has 0 bridgehead atoms. The van der Waals surface area contributed by atoms with Crippen molar-refractivity contribution in [2.24, 2.45) is 0 Å². The zero-order chi connectivity index (χ0) is 20.8. The maximum atomic E-state index is 5.69. The smallest absolute Gasteiger partial charge is 0.163 e. The number of hydrogen-bond acceptors (Lipinski definition) is 7. The number of morpholine rings is 1. The molecule has 8 heteroatoms. The number of pyridine rings is 1. The number of hydrogen-bond donors (Lipinski definition) is 1. The first-order valence-corrected chi connectivity index (χ1v) is 11.5. The second kappa shape index (κ2) is 7.71. The standard InChI is InChI=1S/C23H23N5O2S/c1-14-12-30-11-8-28(14)23-20-19(18(13-31-20)15-4-9-29-10-5-15)26-22(27-23)17-3-7-25-21-16(17)2-6-24-21/h2-4,6-7,13-14H,5,8-12H2,1H3,(H,24,25)/t14-/m1/s1. The second-order valence-electron chi connectivity index (χ2n) is 7.97. The van der Waals surface area contributed by atoms with Crippen LogP contribution in [-0.2, 0) is 9.47 Å². The molecule has 1 N–H and O–H groups in total. The average molecular weight is 434 g/mol. The van der Waals surface area contributed by atoms with Gasteiger partial charge in [-0.1, -0.05) is 6.08 Å². The number of nitrogens with one attached hydrogen (secondary N) is 1. The summed E-state index contributed by atoms with van der Waals surface area (Å²) in [6.45, 7) is 5.85. The van der Waals surface area contributed by atoms with Crippen molar-refractivity contribution in [3.05, 3.63) is 41.5 Å². The molecule has 0 radical (unpaired) electrons. The predicted molar refractivity (Wildman–Crippen MR) is 124 cm³/mol. The molecule has 1 fully saturated rings. The first-order chi connectivity index (χ1) is 15.3. The zero-order valence-corrected chi connectivity index (χ0v) is 18.1. The van der Waals surface area contributed by atoms with Crippen LogP contribution in [0.3, 0.4) is 0 Å². The summed E-state index contributed by atoms with van der Waals surface area (Å²) in [5.41, 5.74) is 5.38. The average Bonchev–Trinajstić information content (AvgIpc) is 3.46. The number of nitrogens with zero attached hydrogens (tertiary/aromatic N) is 4. The number of H-pyrrole nitrogens is 1. The number of fused-ring (bicyclic) bond motifs is 2. The Balaban J connectivity index is 1.60. The highest BCUT2D eigenvalue weighted by Crippen LogP contribution is 2.39. The molecule has 2 aliphatic heterocycles. The minimum Gasteiger partial charge on any atom is -0.377 e. The number of anilines is 1. The lowest BCUT2D eigenvalue weighted by molar-refractivity contribution is 0.0987. The van der Waals surface area contributed by atoms with E-state index in [1.165, 1.54) is 11.1 Å². The molecule has 4 aromatic rings. The number of thiophene rings is 1. The van der Waals surface area contributed by atoms with Crippen molar-refractivity contribution in [2.75, 3.05) is 37.9 Å². The summed E-state index contributed by atoms with van der Waals surface area (Å²) in [4.78, 5) is 20.2. The van der Waals surface area contributed by atoms with Crippen molar-refractivity contribution >= 4 is 44.0 Å². The molecule has 0 spiro atoms. The maximum absolute atomic E-state index is 5.69. The van der Waals surface area contributed by atoms with Gasteiger partial charge < -0.3 is 19.4 Å². The highest BCUT2D eigenvalue weighted by Gasteiger charge is 2.26. The molecule has 6 rings (SSSR count). The van der Waals surface area contributed by atoms with Crippen LogP contribution in [0, 0.1) is 0 Å². The Morgan fingerprint density at radius 2 is 2.13 bits per heavy atom.